The van der Waals surface area contributed by atoms with Crippen LogP contribution in [0.4, 0.5) is 10.1 Å². The molecule has 0 aromatic heterocycles. The number of hydrogen-bond donors (Lipinski definition) is 1. The minimum absolute atomic E-state index is 0.0641. The normalized spacial score (nSPS) is 20.6. The lowest BCUT2D eigenvalue weighted by Gasteiger charge is -2.33. The third-order valence-electron chi connectivity index (χ3n) is 3.63. The molecule has 1 N–H and O–H groups in total. The molecule has 0 radical (unpaired) electrons. The molecular weight excluding hydrogens is 357 g/mol. The second-order valence-corrected chi connectivity index (χ2v) is 6.45. The van der Waals surface area contributed by atoms with Crippen LogP contribution in [0.2, 0.25) is 5.02 Å². The maximum Gasteiger partial charge on any atom is 0.125 e. The van der Waals surface area contributed by atoms with Crippen LogP contribution in [0.3, 0.4) is 0 Å². The average molecular weight is 371 g/mol. The number of ether oxygens (including phenoxy) is 1. The van der Waals surface area contributed by atoms with Gasteiger partial charge in [0.1, 0.15) is 11.6 Å². The molecule has 1 aliphatic heterocycles. The van der Waals surface area contributed by atoms with Gasteiger partial charge in [0.15, 0.2) is 0 Å². The Morgan fingerprint density at radius 3 is 2.86 bits per heavy atom. The van der Waals surface area contributed by atoms with Gasteiger partial charge in [-0.2, -0.15) is 0 Å². The quantitative estimate of drug-likeness (QED) is 0.762. The summed E-state index contributed by atoms with van der Waals surface area (Å²) in [5.74, 6) is 0.785. The van der Waals surface area contributed by atoms with E-state index in [4.69, 9.17) is 16.3 Å². The van der Waals surface area contributed by atoms with Crippen LogP contribution < -0.4 is 10.1 Å². The van der Waals surface area contributed by atoms with E-state index in [0.717, 1.165) is 11.3 Å². The van der Waals surface area contributed by atoms with E-state index >= 15 is 0 Å². The van der Waals surface area contributed by atoms with Crippen molar-refractivity contribution in [1.82, 2.24) is 0 Å². The molecule has 0 aliphatic carbocycles. The lowest BCUT2D eigenvalue weighted by molar-refractivity contribution is 0.214. The van der Waals surface area contributed by atoms with Crippen LogP contribution in [0.1, 0.15) is 18.5 Å². The van der Waals surface area contributed by atoms with E-state index < -0.39 is 0 Å². The monoisotopic (exact) mass is 369 g/mol. The predicted octanol–water partition coefficient (Wildman–Crippen LogP) is 5.42. The maximum absolute atomic E-state index is 13.3. The molecule has 0 saturated carbocycles. The van der Waals surface area contributed by atoms with E-state index in [1.165, 1.54) is 12.1 Å². The Labute approximate surface area is 136 Å². The highest BCUT2D eigenvalue weighted by molar-refractivity contribution is 9.10. The smallest absolute Gasteiger partial charge is 0.125 e. The first-order valence-corrected chi connectivity index (χ1v) is 7.86. The molecule has 21 heavy (non-hydrogen) atoms. The molecule has 110 valence electrons. The van der Waals surface area contributed by atoms with Crippen LogP contribution in [0.15, 0.2) is 40.9 Å². The average Bonchev–Trinajstić information content (AvgIpc) is 2.44. The summed E-state index contributed by atoms with van der Waals surface area (Å²) in [6.07, 6.45) is 0. The first-order chi connectivity index (χ1) is 10.1. The fourth-order valence-corrected chi connectivity index (χ4v) is 3.47. The molecule has 3 rings (SSSR count). The molecule has 0 amide bonds. The third kappa shape index (κ3) is 2.87. The highest BCUT2D eigenvalue weighted by atomic mass is 79.9. The summed E-state index contributed by atoms with van der Waals surface area (Å²) < 4.78 is 19.7. The number of hydrogen-bond acceptors (Lipinski definition) is 2. The molecule has 2 nitrogen and oxygen atoms in total. The zero-order valence-electron chi connectivity index (χ0n) is 11.4. The van der Waals surface area contributed by atoms with Crippen LogP contribution >= 0.6 is 27.5 Å². The van der Waals surface area contributed by atoms with Crippen molar-refractivity contribution in [3.63, 3.8) is 0 Å². The predicted molar refractivity (Wildman–Crippen MR) is 86.6 cm³/mol. The van der Waals surface area contributed by atoms with Crippen molar-refractivity contribution in [2.24, 2.45) is 5.92 Å². The van der Waals surface area contributed by atoms with Gasteiger partial charge in [-0.05, 0) is 34.1 Å². The van der Waals surface area contributed by atoms with Crippen LogP contribution in [0.25, 0.3) is 0 Å². The summed E-state index contributed by atoms with van der Waals surface area (Å²) in [5, 5.41) is 3.78. The third-order valence-corrected chi connectivity index (χ3v) is 4.56. The van der Waals surface area contributed by atoms with Crippen molar-refractivity contribution in [3.8, 4) is 5.75 Å². The number of rotatable bonds is 2. The Balaban J connectivity index is 1.98. The fourth-order valence-electron chi connectivity index (χ4n) is 2.55. The molecule has 2 aromatic carbocycles. The maximum atomic E-state index is 13.3. The van der Waals surface area contributed by atoms with E-state index in [2.05, 4.69) is 28.2 Å². The number of halogens is 3. The van der Waals surface area contributed by atoms with E-state index in [9.17, 15) is 4.39 Å². The standard InChI is InChI=1S/C16H14BrClFNO/c1-9-8-21-14-5-3-2-4-11(14)15(9)20-16-12(17)6-10(19)7-13(16)18/h2-7,9,15,20H,8H2,1H3. The topological polar surface area (TPSA) is 21.3 Å². The summed E-state index contributed by atoms with van der Waals surface area (Å²) in [6.45, 7) is 2.74. The molecule has 0 bridgehead atoms. The van der Waals surface area contributed by atoms with Crippen molar-refractivity contribution in [2.45, 2.75) is 13.0 Å². The van der Waals surface area contributed by atoms with Gasteiger partial charge in [-0.1, -0.05) is 36.7 Å². The zero-order chi connectivity index (χ0) is 15.0. The Kier molecular flexibility index (Phi) is 4.09. The van der Waals surface area contributed by atoms with Crippen molar-refractivity contribution in [1.29, 1.82) is 0 Å². The number of fused-ring (bicyclic) bond motifs is 1. The van der Waals surface area contributed by atoms with Gasteiger partial charge < -0.3 is 10.1 Å². The van der Waals surface area contributed by atoms with Gasteiger partial charge >= 0.3 is 0 Å². The van der Waals surface area contributed by atoms with E-state index in [1.54, 1.807) is 0 Å². The van der Waals surface area contributed by atoms with Gasteiger partial charge in [-0.3, -0.25) is 0 Å². The molecule has 2 atom stereocenters. The summed E-state index contributed by atoms with van der Waals surface area (Å²) in [4.78, 5) is 0. The highest BCUT2D eigenvalue weighted by Crippen LogP contribution is 2.41. The highest BCUT2D eigenvalue weighted by Gasteiger charge is 2.28. The van der Waals surface area contributed by atoms with Crippen LogP contribution in [0.5, 0.6) is 5.75 Å². The van der Waals surface area contributed by atoms with Crippen LogP contribution in [-0.2, 0) is 0 Å². The van der Waals surface area contributed by atoms with Gasteiger partial charge in [-0.15, -0.1) is 0 Å². The van der Waals surface area contributed by atoms with Crippen molar-refractivity contribution >= 4 is 33.2 Å². The van der Waals surface area contributed by atoms with Gasteiger partial charge in [0.2, 0.25) is 0 Å². The Morgan fingerprint density at radius 2 is 2.10 bits per heavy atom. The molecule has 0 fully saturated rings. The minimum Gasteiger partial charge on any atom is -0.493 e. The van der Waals surface area contributed by atoms with Gasteiger partial charge in [0, 0.05) is 16.0 Å². The number of anilines is 1. The van der Waals surface area contributed by atoms with Crippen molar-refractivity contribution < 1.29 is 9.13 Å². The van der Waals surface area contributed by atoms with Gasteiger partial charge in [0.25, 0.3) is 0 Å². The van der Waals surface area contributed by atoms with Crippen LogP contribution in [-0.4, -0.2) is 6.61 Å². The first kappa shape index (κ1) is 14.7. The zero-order valence-corrected chi connectivity index (χ0v) is 13.7. The molecule has 1 aliphatic rings. The van der Waals surface area contributed by atoms with Crippen molar-refractivity contribution in [2.75, 3.05) is 11.9 Å². The first-order valence-electron chi connectivity index (χ1n) is 6.69. The van der Waals surface area contributed by atoms with Gasteiger partial charge in [-0.25, -0.2) is 4.39 Å². The Morgan fingerprint density at radius 1 is 1.33 bits per heavy atom. The van der Waals surface area contributed by atoms with Crippen molar-refractivity contribution in [3.05, 3.63) is 57.3 Å². The summed E-state index contributed by atoms with van der Waals surface area (Å²) in [6, 6.07) is 10.7. The number of benzene rings is 2. The molecule has 2 aromatic rings. The summed E-state index contributed by atoms with van der Waals surface area (Å²) in [5.41, 5.74) is 1.79. The van der Waals surface area contributed by atoms with E-state index in [0.29, 0.717) is 21.8 Å². The van der Waals surface area contributed by atoms with Crippen LogP contribution in [0, 0.1) is 11.7 Å². The summed E-state index contributed by atoms with van der Waals surface area (Å²) in [7, 11) is 0. The minimum atomic E-state index is -0.363. The largest absolute Gasteiger partial charge is 0.493 e. The second kappa shape index (κ2) is 5.85. The SMILES string of the molecule is CC1COc2ccccc2C1Nc1c(Cl)cc(F)cc1Br. The second-order valence-electron chi connectivity index (χ2n) is 5.19. The number of nitrogens with one attached hydrogen (secondary N) is 1. The summed E-state index contributed by atoms with van der Waals surface area (Å²) >= 11 is 9.53. The Hall–Kier alpha value is -1.26. The van der Waals surface area contributed by atoms with Gasteiger partial charge in [0.05, 0.1) is 23.4 Å². The molecular formula is C16H14BrClFNO. The fraction of sp³-hybridized carbons (Fsp3) is 0.250. The van der Waals surface area contributed by atoms with E-state index in [-0.39, 0.29) is 17.8 Å². The van der Waals surface area contributed by atoms with E-state index in [1.807, 2.05) is 24.3 Å². The molecule has 5 heteroatoms. The number of para-hydroxylation sites is 1. The molecule has 0 saturated heterocycles. The lowest BCUT2D eigenvalue weighted by atomic mass is 9.92. The molecule has 1 heterocycles. The lowest BCUT2D eigenvalue weighted by Crippen LogP contribution is -2.29. The molecule has 2 unspecified atom stereocenters. The molecule has 0 spiro atoms. The Bertz CT molecular complexity index is 656.